The van der Waals surface area contributed by atoms with Gasteiger partial charge >= 0.3 is 0 Å². The summed E-state index contributed by atoms with van der Waals surface area (Å²) in [6, 6.07) is 5.33. The Labute approximate surface area is 177 Å². The number of carbonyl (C=O) groups excluding carboxylic acids is 3. The molecule has 164 valence electrons. The fraction of sp³-hybridized carbons (Fsp3) is 0.400. The summed E-state index contributed by atoms with van der Waals surface area (Å²) < 4.78 is 15.7. The molecular formula is C20H23N5O6. The lowest BCUT2D eigenvalue weighted by Crippen LogP contribution is -2.43. The third-order valence-corrected chi connectivity index (χ3v) is 5.31. The molecule has 0 saturated heterocycles. The highest BCUT2D eigenvalue weighted by atomic mass is 16.7. The molecule has 1 saturated carbocycles. The molecule has 1 aliphatic carbocycles. The number of nitrogens with two attached hydrogens (primary N) is 2. The zero-order valence-corrected chi connectivity index (χ0v) is 16.8. The number of benzene rings is 1. The summed E-state index contributed by atoms with van der Waals surface area (Å²) >= 11 is 0. The number of primary amides is 1. The number of anilines is 1. The lowest BCUT2D eigenvalue weighted by atomic mass is 10.1. The van der Waals surface area contributed by atoms with Gasteiger partial charge in [-0.2, -0.15) is 0 Å². The minimum atomic E-state index is -0.915. The van der Waals surface area contributed by atoms with Crippen LogP contribution in [0.3, 0.4) is 0 Å². The summed E-state index contributed by atoms with van der Waals surface area (Å²) in [5, 5.41) is 6.43. The number of nitrogens with zero attached hydrogens (tertiary/aromatic N) is 2. The fourth-order valence-electron chi connectivity index (χ4n) is 3.75. The minimum absolute atomic E-state index is 0.0691. The molecule has 2 aromatic rings. The maximum atomic E-state index is 13.1. The van der Waals surface area contributed by atoms with E-state index in [-0.39, 0.29) is 49.0 Å². The van der Waals surface area contributed by atoms with E-state index < -0.39 is 11.8 Å². The summed E-state index contributed by atoms with van der Waals surface area (Å²) in [4.78, 5) is 38.4. The van der Waals surface area contributed by atoms with Crippen LogP contribution in [0.25, 0.3) is 0 Å². The number of nitrogen functional groups attached to an aromatic ring is 1. The number of nitrogens with one attached hydrogen (secondary N) is 1. The van der Waals surface area contributed by atoms with Crippen molar-refractivity contribution < 1.29 is 28.4 Å². The van der Waals surface area contributed by atoms with Gasteiger partial charge in [-0.1, -0.05) is 24.1 Å². The third-order valence-electron chi connectivity index (χ3n) is 5.31. The van der Waals surface area contributed by atoms with Gasteiger partial charge in [-0.3, -0.25) is 14.4 Å². The van der Waals surface area contributed by atoms with E-state index in [1.807, 2.05) is 0 Å². The molecule has 1 aromatic heterocycles. The van der Waals surface area contributed by atoms with Gasteiger partial charge < -0.3 is 35.7 Å². The van der Waals surface area contributed by atoms with Crippen LogP contribution < -0.4 is 26.3 Å². The van der Waals surface area contributed by atoms with Crippen LogP contribution >= 0.6 is 0 Å². The highest BCUT2D eigenvalue weighted by Gasteiger charge is 2.29. The van der Waals surface area contributed by atoms with E-state index >= 15 is 0 Å². The second-order valence-electron chi connectivity index (χ2n) is 7.54. The van der Waals surface area contributed by atoms with Crippen molar-refractivity contribution in [3.63, 3.8) is 0 Å². The van der Waals surface area contributed by atoms with Gasteiger partial charge in [-0.15, -0.1) is 0 Å². The van der Waals surface area contributed by atoms with Crippen LogP contribution in [0.5, 0.6) is 11.5 Å². The molecule has 5 N–H and O–H groups in total. The molecule has 31 heavy (non-hydrogen) atoms. The zero-order chi connectivity index (χ0) is 22.0. The summed E-state index contributed by atoms with van der Waals surface area (Å²) in [6.45, 7) is -0.0366. The predicted octanol–water partition coefficient (Wildman–Crippen LogP) is 0.786. The van der Waals surface area contributed by atoms with Crippen molar-refractivity contribution in [2.45, 2.75) is 38.3 Å². The normalized spacial score (nSPS) is 15.1. The molecule has 0 radical (unpaired) electrons. The van der Waals surface area contributed by atoms with E-state index in [0.29, 0.717) is 17.1 Å². The fourth-order valence-corrected chi connectivity index (χ4v) is 3.75. The first-order valence-electron chi connectivity index (χ1n) is 9.94. The van der Waals surface area contributed by atoms with Crippen molar-refractivity contribution in [1.82, 2.24) is 15.4 Å². The molecule has 1 fully saturated rings. The summed E-state index contributed by atoms with van der Waals surface area (Å²) in [7, 11) is 0. The number of hydrogen-bond acceptors (Lipinski definition) is 8. The molecule has 0 unspecified atom stereocenters. The van der Waals surface area contributed by atoms with Crippen LogP contribution in [0.1, 0.15) is 52.3 Å². The number of aromatic nitrogens is 1. The first kappa shape index (κ1) is 20.5. The number of ether oxygens (including phenoxy) is 2. The van der Waals surface area contributed by atoms with Gasteiger partial charge in [0, 0.05) is 12.6 Å². The average molecular weight is 429 g/mol. The van der Waals surface area contributed by atoms with Crippen LogP contribution in [-0.4, -0.2) is 47.2 Å². The van der Waals surface area contributed by atoms with Crippen LogP contribution in [0.2, 0.25) is 0 Å². The Morgan fingerprint density at radius 3 is 2.61 bits per heavy atom. The van der Waals surface area contributed by atoms with E-state index in [1.54, 1.807) is 18.2 Å². The number of rotatable bonds is 7. The molecule has 3 amide bonds. The van der Waals surface area contributed by atoms with E-state index in [9.17, 15) is 14.4 Å². The van der Waals surface area contributed by atoms with E-state index in [0.717, 1.165) is 25.7 Å². The third kappa shape index (κ3) is 4.39. The van der Waals surface area contributed by atoms with E-state index in [4.69, 9.17) is 25.5 Å². The molecule has 2 heterocycles. The van der Waals surface area contributed by atoms with Crippen molar-refractivity contribution in [2.75, 3.05) is 19.1 Å². The smallest absolute Gasteiger partial charge is 0.295 e. The Balaban J connectivity index is 1.56. The molecule has 0 atom stereocenters. The van der Waals surface area contributed by atoms with Gasteiger partial charge in [-0.05, 0) is 30.5 Å². The van der Waals surface area contributed by atoms with Gasteiger partial charge in [-0.25, -0.2) is 0 Å². The lowest BCUT2D eigenvalue weighted by Gasteiger charge is -2.22. The minimum Gasteiger partial charge on any atom is -0.454 e. The maximum Gasteiger partial charge on any atom is 0.295 e. The van der Waals surface area contributed by atoms with Crippen molar-refractivity contribution in [3.8, 4) is 11.5 Å². The van der Waals surface area contributed by atoms with Crippen LogP contribution in [0.15, 0.2) is 22.7 Å². The monoisotopic (exact) mass is 429 g/mol. The summed E-state index contributed by atoms with van der Waals surface area (Å²) in [5.41, 5.74) is 11.1. The standard InChI is InChI=1S/C20H23N5O6/c21-16-17(19(22)27)24-31-18(16)20(28)25(9-15(26)23-12-3-1-2-4-12)8-11-5-6-13-14(7-11)30-10-29-13/h5-7,12H,1-4,8-10,21H2,(H2,22,27)(H,23,26). The van der Waals surface area contributed by atoms with Gasteiger partial charge in [0.25, 0.3) is 11.8 Å². The number of amides is 3. The second-order valence-corrected chi connectivity index (χ2v) is 7.54. The van der Waals surface area contributed by atoms with Gasteiger partial charge in [0.1, 0.15) is 12.2 Å². The van der Waals surface area contributed by atoms with Crippen LogP contribution in [0, 0.1) is 0 Å². The van der Waals surface area contributed by atoms with Crippen LogP contribution in [0.4, 0.5) is 5.69 Å². The van der Waals surface area contributed by atoms with Crippen molar-refractivity contribution >= 4 is 23.4 Å². The van der Waals surface area contributed by atoms with Crippen molar-refractivity contribution in [2.24, 2.45) is 5.73 Å². The highest BCUT2D eigenvalue weighted by molar-refractivity contribution is 6.04. The number of carbonyl (C=O) groups is 3. The lowest BCUT2D eigenvalue weighted by molar-refractivity contribution is -0.122. The zero-order valence-electron chi connectivity index (χ0n) is 16.8. The van der Waals surface area contributed by atoms with Gasteiger partial charge in [0.05, 0.1) is 0 Å². The average Bonchev–Trinajstić information content (AvgIpc) is 3.47. The molecule has 0 spiro atoms. The van der Waals surface area contributed by atoms with Gasteiger partial charge in [0.15, 0.2) is 17.2 Å². The molecular weight excluding hydrogens is 406 g/mol. The van der Waals surface area contributed by atoms with Crippen LogP contribution in [-0.2, 0) is 11.3 Å². The Morgan fingerprint density at radius 1 is 1.16 bits per heavy atom. The first-order chi connectivity index (χ1) is 14.9. The Morgan fingerprint density at radius 2 is 1.90 bits per heavy atom. The highest BCUT2D eigenvalue weighted by Crippen LogP contribution is 2.33. The van der Waals surface area contributed by atoms with Crippen molar-refractivity contribution in [3.05, 3.63) is 35.2 Å². The summed E-state index contributed by atoms with van der Waals surface area (Å²) in [6.07, 6.45) is 3.96. The van der Waals surface area contributed by atoms with E-state index in [2.05, 4.69) is 10.5 Å². The number of hydrogen-bond donors (Lipinski definition) is 3. The SMILES string of the molecule is NC(=O)c1noc(C(=O)N(CC(=O)NC2CCCC2)Cc2ccc3c(c2)OCO3)c1N. The summed E-state index contributed by atoms with van der Waals surface area (Å²) in [5.74, 6) is -1.09. The Kier molecular flexibility index (Phi) is 5.65. The van der Waals surface area contributed by atoms with Crippen molar-refractivity contribution in [1.29, 1.82) is 0 Å². The topological polar surface area (TPSA) is 163 Å². The molecule has 4 rings (SSSR count). The molecule has 1 aromatic carbocycles. The second kappa shape index (κ2) is 8.54. The molecule has 11 heteroatoms. The largest absolute Gasteiger partial charge is 0.454 e. The quantitative estimate of drug-likeness (QED) is 0.581. The number of fused-ring (bicyclic) bond motifs is 1. The molecule has 0 bridgehead atoms. The Bertz CT molecular complexity index is 1010. The van der Waals surface area contributed by atoms with Gasteiger partial charge in [0.2, 0.25) is 18.5 Å². The van der Waals surface area contributed by atoms with E-state index in [1.165, 1.54) is 4.90 Å². The Hall–Kier alpha value is -3.76. The first-order valence-corrected chi connectivity index (χ1v) is 9.94. The molecule has 11 nitrogen and oxygen atoms in total. The molecule has 2 aliphatic rings. The predicted molar refractivity (Wildman–Crippen MR) is 107 cm³/mol. The maximum absolute atomic E-state index is 13.1. The molecule has 1 aliphatic heterocycles.